The van der Waals surface area contributed by atoms with Crippen LogP contribution in [0.3, 0.4) is 0 Å². The standard InChI is InChI=1S/C57H49BN2/c1-55(2)28-29-56(3,4)47-35-51-48(34-46(47)55)57(5,6)45-25-17-26-49-54(45)59(51)53-42-23-14-13-22-38(42)33-44-43-24-15-16-27-50(43)60(58(49)52(44)53)41-31-39(36-18-9-7-10-19-36)30-40(32-41)37-20-11-8-12-21-37/h7-27,30-35H,28-29H2,1-6H3. The lowest BCUT2D eigenvalue weighted by Gasteiger charge is -2.52. The summed E-state index contributed by atoms with van der Waals surface area (Å²) in [6, 6.07) is 62.2. The van der Waals surface area contributed by atoms with Crippen LogP contribution in [0.5, 0.6) is 0 Å². The first-order valence-corrected chi connectivity index (χ1v) is 21.8. The molecular formula is C57H49BN2. The molecule has 0 atom stereocenters. The van der Waals surface area contributed by atoms with Gasteiger partial charge in [0.05, 0.1) is 11.4 Å². The van der Waals surface area contributed by atoms with Gasteiger partial charge in [-0.1, -0.05) is 169 Å². The van der Waals surface area contributed by atoms with E-state index < -0.39 is 0 Å². The predicted molar refractivity (Wildman–Crippen MR) is 256 cm³/mol. The quantitative estimate of drug-likeness (QED) is 0.165. The SMILES string of the molecule is CC1(C)CCC(C)(C)c2cc3c(cc21)N1c2c(cccc2C3(C)C)B2c3c(cc4ccccc4c31)-c1ccccc1N2c1cc(-c2ccccc2)cc(-c2ccccc2)c1. The van der Waals surface area contributed by atoms with Crippen LogP contribution in [0.1, 0.15) is 76.6 Å². The van der Waals surface area contributed by atoms with Gasteiger partial charge in [-0.25, -0.2) is 0 Å². The molecule has 12 rings (SSSR count). The predicted octanol–water partition coefficient (Wildman–Crippen LogP) is 13.9. The van der Waals surface area contributed by atoms with Crippen molar-refractivity contribution in [3.8, 4) is 33.4 Å². The Hall–Kier alpha value is -6.32. The van der Waals surface area contributed by atoms with Crippen molar-refractivity contribution < 1.29 is 0 Å². The van der Waals surface area contributed by atoms with Crippen molar-refractivity contribution in [2.24, 2.45) is 0 Å². The van der Waals surface area contributed by atoms with Crippen molar-refractivity contribution in [2.75, 3.05) is 9.71 Å². The molecule has 3 heteroatoms. The van der Waals surface area contributed by atoms with E-state index in [-0.39, 0.29) is 23.1 Å². The van der Waals surface area contributed by atoms with Crippen molar-refractivity contribution in [3.05, 3.63) is 186 Å². The molecule has 1 aliphatic carbocycles. The molecule has 0 unspecified atom stereocenters. The van der Waals surface area contributed by atoms with Crippen molar-refractivity contribution in [1.82, 2.24) is 0 Å². The second kappa shape index (κ2) is 12.4. The summed E-state index contributed by atoms with van der Waals surface area (Å²) in [6.45, 7) is 14.7. The number of anilines is 5. The second-order valence-corrected chi connectivity index (χ2v) is 19.6. The molecule has 0 N–H and O–H groups in total. The molecule has 60 heavy (non-hydrogen) atoms. The Bertz CT molecular complexity index is 3030. The van der Waals surface area contributed by atoms with Crippen LogP contribution >= 0.6 is 0 Å². The van der Waals surface area contributed by atoms with Gasteiger partial charge in [-0.3, -0.25) is 0 Å². The zero-order valence-corrected chi connectivity index (χ0v) is 35.5. The molecule has 0 spiro atoms. The normalized spacial score (nSPS) is 17.0. The van der Waals surface area contributed by atoms with Crippen LogP contribution in [0.4, 0.5) is 28.4 Å². The van der Waals surface area contributed by atoms with Crippen LogP contribution in [0.25, 0.3) is 44.2 Å². The minimum Gasteiger partial charge on any atom is -0.376 e. The first-order valence-electron chi connectivity index (χ1n) is 21.8. The van der Waals surface area contributed by atoms with Crippen LogP contribution in [0.2, 0.25) is 0 Å². The van der Waals surface area contributed by atoms with Gasteiger partial charge in [0.2, 0.25) is 0 Å². The van der Waals surface area contributed by atoms with Crippen LogP contribution < -0.4 is 20.6 Å². The van der Waals surface area contributed by atoms with E-state index in [0.29, 0.717) is 0 Å². The molecule has 0 saturated heterocycles. The van der Waals surface area contributed by atoms with E-state index in [2.05, 4.69) is 215 Å². The number of hydrogen-bond donors (Lipinski definition) is 0. The molecule has 0 radical (unpaired) electrons. The van der Waals surface area contributed by atoms with Crippen LogP contribution in [-0.2, 0) is 16.2 Å². The van der Waals surface area contributed by atoms with E-state index in [1.807, 2.05) is 0 Å². The first-order chi connectivity index (χ1) is 29.0. The Kier molecular flexibility index (Phi) is 7.34. The third kappa shape index (κ3) is 4.90. The summed E-state index contributed by atoms with van der Waals surface area (Å²) in [5.41, 5.74) is 22.4. The molecule has 0 aromatic heterocycles. The Labute approximate surface area is 355 Å². The molecule has 8 aromatic carbocycles. The number of para-hydroxylation sites is 2. The average Bonchev–Trinajstić information content (AvgIpc) is 3.27. The van der Waals surface area contributed by atoms with Crippen LogP contribution in [0.15, 0.2) is 164 Å². The van der Waals surface area contributed by atoms with Gasteiger partial charge in [-0.05, 0) is 126 Å². The molecule has 2 nitrogen and oxygen atoms in total. The van der Waals surface area contributed by atoms with E-state index in [1.54, 1.807) is 0 Å². The van der Waals surface area contributed by atoms with Crippen LogP contribution in [-0.4, -0.2) is 6.85 Å². The molecule has 4 aliphatic rings. The monoisotopic (exact) mass is 772 g/mol. The van der Waals surface area contributed by atoms with E-state index in [1.165, 1.54) is 119 Å². The van der Waals surface area contributed by atoms with Gasteiger partial charge in [-0.15, -0.1) is 0 Å². The third-order valence-corrected chi connectivity index (χ3v) is 14.8. The second-order valence-electron chi connectivity index (χ2n) is 19.6. The minimum atomic E-state index is -0.222. The third-order valence-electron chi connectivity index (χ3n) is 14.8. The fourth-order valence-corrected chi connectivity index (χ4v) is 11.5. The molecule has 3 aliphatic heterocycles. The van der Waals surface area contributed by atoms with Crippen molar-refractivity contribution in [2.45, 2.75) is 70.6 Å². The van der Waals surface area contributed by atoms with Gasteiger partial charge < -0.3 is 9.71 Å². The van der Waals surface area contributed by atoms with Gasteiger partial charge in [-0.2, -0.15) is 0 Å². The van der Waals surface area contributed by atoms with Crippen LogP contribution in [0, 0.1) is 0 Å². The highest BCUT2D eigenvalue weighted by Crippen LogP contribution is 2.59. The largest absolute Gasteiger partial charge is 0.376 e. The molecule has 8 aromatic rings. The van der Waals surface area contributed by atoms with Gasteiger partial charge in [0, 0.05) is 33.4 Å². The summed E-state index contributed by atoms with van der Waals surface area (Å²) in [7, 11) is 0. The topological polar surface area (TPSA) is 6.48 Å². The van der Waals surface area contributed by atoms with Crippen molar-refractivity contribution in [3.63, 3.8) is 0 Å². The van der Waals surface area contributed by atoms with Crippen molar-refractivity contribution >= 4 is 57.0 Å². The highest BCUT2D eigenvalue weighted by Gasteiger charge is 2.51. The Morgan fingerprint density at radius 2 is 1.07 bits per heavy atom. The van der Waals surface area contributed by atoms with E-state index in [9.17, 15) is 0 Å². The summed E-state index contributed by atoms with van der Waals surface area (Å²) in [5.74, 6) is 0. The fourth-order valence-electron chi connectivity index (χ4n) is 11.5. The zero-order chi connectivity index (χ0) is 40.7. The minimum absolute atomic E-state index is 0.0688. The zero-order valence-electron chi connectivity index (χ0n) is 35.5. The maximum Gasteiger partial charge on any atom is 0.333 e. The molecule has 0 saturated carbocycles. The first kappa shape index (κ1) is 35.6. The number of benzene rings is 8. The van der Waals surface area contributed by atoms with Gasteiger partial charge in [0.1, 0.15) is 0 Å². The lowest BCUT2D eigenvalue weighted by atomic mass is 9.42. The van der Waals surface area contributed by atoms with E-state index in [0.717, 1.165) is 0 Å². The van der Waals surface area contributed by atoms with Crippen molar-refractivity contribution in [1.29, 1.82) is 0 Å². The maximum absolute atomic E-state index is 2.72. The molecular weight excluding hydrogens is 723 g/mol. The molecule has 290 valence electrons. The molecule has 0 bridgehead atoms. The lowest BCUT2D eigenvalue weighted by molar-refractivity contribution is 0.331. The Balaban J connectivity index is 1.21. The Morgan fingerprint density at radius 3 is 1.77 bits per heavy atom. The number of rotatable bonds is 3. The van der Waals surface area contributed by atoms with Gasteiger partial charge in [0.25, 0.3) is 0 Å². The molecule has 0 amide bonds. The van der Waals surface area contributed by atoms with E-state index in [4.69, 9.17) is 0 Å². The lowest BCUT2D eigenvalue weighted by Crippen LogP contribution is -2.62. The summed E-state index contributed by atoms with van der Waals surface area (Å²) in [4.78, 5) is 5.41. The summed E-state index contributed by atoms with van der Waals surface area (Å²) in [6.07, 6.45) is 2.38. The summed E-state index contributed by atoms with van der Waals surface area (Å²) < 4.78 is 0. The number of fused-ring (bicyclic) bond motifs is 9. The Morgan fingerprint density at radius 1 is 0.450 bits per heavy atom. The number of hydrogen-bond acceptors (Lipinski definition) is 2. The molecule has 0 fully saturated rings. The molecule has 3 heterocycles. The van der Waals surface area contributed by atoms with Gasteiger partial charge >= 0.3 is 6.85 Å². The highest BCUT2D eigenvalue weighted by atomic mass is 15.2. The average molecular weight is 773 g/mol. The fraction of sp³-hybridized carbons (Fsp3) is 0.193. The summed E-state index contributed by atoms with van der Waals surface area (Å²) >= 11 is 0. The smallest absolute Gasteiger partial charge is 0.333 e. The van der Waals surface area contributed by atoms with Gasteiger partial charge in [0.15, 0.2) is 0 Å². The maximum atomic E-state index is 2.72. The highest BCUT2D eigenvalue weighted by molar-refractivity contribution is 6.94. The van der Waals surface area contributed by atoms with E-state index >= 15 is 0 Å². The summed E-state index contributed by atoms with van der Waals surface area (Å²) in [5, 5.41) is 2.57. The number of nitrogens with zero attached hydrogens (tertiary/aromatic N) is 2.